The second-order valence-corrected chi connectivity index (χ2v) is 6.77. The van der Waals surface area contributed by atoms with Gasteiger partial charge in [0.25, 0.3) is 5.91 Å². The number of carbonyl (C=O) groups excluding carboxylic acids is 1. The maximum Gasteiger partial charge on any atom is 0.253 e. The summed E-state index contributed by atoms with van der Waals surface area (Å²) in [6.07, 6.45) is 4.31. The summed E-state index contributed by atoms with van der Waals surface area (Å²) in [7, 11) is 5.36. The van der Waals surface area contributed by atoms with Gasteiger partial charge in [-0.3, -0.25) is 4.79 Å². The van der Waals surface area contributed by atoms with Crippen LogP contribution in [0.2, 0.25) is 0 Å². The monoisotopic (exact) mass is 356 g/mol. The van der Waals surface area contributed by atoms with E-state index in [2.05, 4.69) is 15.3 Å². The molecule has 138 valence electrons. The molecule has 0 saturated heterocycles. The van der Waals surface area contributed by atoms with Crippen LogP contribution in [0.15, 0.2) is 36.7 Å². The fourth-order valence-electron chi connectivity index (χ4n) is 3.08. The maximum absolute atomic E-state index is 12.7. The minimum atomic E-state index is -0.299. The van der Waals surface area contributed by atoms with E-state index in [1.54, 1.807) is 31.6 Å². The van der Waals surface area contributed by atoms with Crippen LogP contribution in [0.25, 0.3) is 0 Å². The van der Waals surface area contributed by atoms with Gasteiger partial charge in [0.15, 0.2) is 0 Å². The van der Waals surface area contributed by atoms with Gasteiger partial charge in [-0.25, -0.2) is 9.97 Å². The number of ether oxygens (including phenoxy) is 1. The Morgan fingerprint density at radius 3 is 2.50 bits per heavy atom. The molecule has 1 aliphatic rings. The van der Waals surface area contributed by atoms with Crippen molar-refractivity contribution in [1.82, 2.24) is 15.3 Å². The standard InChI is InChI=1S/C19H24N4O3/c1-23(2)16-6-4-13(11-20-16)19(25)22-18(14-8-15(24)9-14)12-5-7-17(26-3)21-10-12/h4-7,10-11,14-15,18,24H,8-9H2,1-3H3,(H,22,25). The number of nitrogens with one attached hydrogen (secondary N) is 1. The van der Waals surface area contributed by atoms with Crippen molar-refractivity contribution in [3.63, 3.8) is 0 Å². The molecule has 3 rings (SSSR count). The van der Waals surface area contributed by atoms with E-state index < -0.39 is 0 Å². The first-order valence-corrected chi connectivity index (χ1v) is 8.60. The van der Waals surface area contributed by atoms with Crippen LogP contribution < -0.4 is 15.0 Å². The normalized spacial score (nSPS) is 20.0. The van der Waals surface area contributed by atoms with Gasteiger partial charge in [0.1, 0.15) is 5.82 Å². The minimum absolute atomic E-state index is 0.179. The Kier molecular flexibility index (Phi) is 5.37. The van der Waals surface area contributed by atoms with Gasteiger partial charge >= 0.3 is 0 Å². The van der Waals surface area contributed by atoms with E-state index in [4.69, 9.17) is 4.74 Å². The molecule has 1 unspecified atom stereocenters. The zero-order chi connectivity index (χ0) is 18.7. The molecule has 2 N–H and O–H groups in total. The molecule has 7 heteroatoms. The van der Waals surface area contributed by atoms with Gasteiger partial charge in [-0.15, -0.1) is 0 Å². The lowest BCUT2D eigenvalue weighted by Crippen LogP contribution is -2.41. The third-order valence-electron chi connectivity index (χ3n) is 4.70. The highest BCUT2D eigenvalue weighted by Gasteiger charge is 2.36. The highest BCUT2D eigenvalue weighted by atomic mass is 16.5. The summed E-state index contributed by atoms with van der Waals surface area (Å²) in [5, 5.41) is 12.7. The van der Waals surface area contributed by atoms with E-state index in [1.165, 1.54) is 0 Å². The van der Waals surface area contributed by atoms with Crippen molar-refractivity contribution in [2.75, 3.05) is 26.1 Å². The van der Waals surface area contributed by atoms with Gasteiger partial charge in [-0.1, -0.05) is 6.07 Å². The van der Waals surface area contributed by atoms with Gasteiger partial charge in [0.2, 0.25) is 5.88 Å². The summed E-state index contributed by atoms with van der Waals surface area (Å²) < 4.78 is 5.10. The smallest absolute Gasteiger partial charge is 0.253 e. The number of aliphatic hydroxyl groups excluding tert-OH is 1. The minimum Gasteiger partial charge on any atom is -0.481 e. The molecule has 0 aliphatic heterocycles. The zero-order valence-corrected chi connectivity index (χ0v) is 15.2. The van der Waals surface area contributed by atoms with Crippen LogP contribution in [-0.2, 0) is 0 Å². The van der Waals surface area contributed by atoms with E-state index in [9.17, 15) is 9.90 Å². The summed E-state index contributed by atoms with van der Waals surface area (Å²) in [6.45, 7) is 0. The van der Waals surface area contributed by atoms with Crippen molar-refractivity contribution in [2.24, 2.45) is 5.92 Å². The molecule has 0 aromatic carbocycles. The Morgan fingerprint density at radius 1 is 1.23 bits per heavy atom. The molecule has 0 bridgehead atoms. The number of amides is 1. The number of aliphatic hydroxyl groups is 1. The van der Waals surface area contributed by atoms with Gasteiger partial charge in [-0.05, 0) is 36.5 Å². The van der Waals surface area contributed by atoms with E-state index in [0.29, 0.717) is 24.3 Å². The molecule has 1 fully saturated rings. The average Bonchev–Trinajstić information content (AvgIpc) is 2.64. The molecule has 0 radical (unpaired) electrons. The maximum atomic E-state index is 12.7. The molecule has 1 atom stereocenters. The first-order valence-electron chi connectivity index (χ1n) is 8.60. The van der Waals surface area contributed by atoms with Gasteiger partial charge in [-0.2, -0.15) is 0 Å². The Hall–Kier alpha value is -2.67. The number of rotatable bonds is 6. The number of nitrogens with zero attached hydrogens (tertiary/aromatic N) is 3. The summed E-state index contributed by atoms with van der Waals surface area (Å²) in [6, 6.07) is 7.03. The lowest BCUT2D eigenvalue weighted by Gasteiger charge is -2.38. The number of aromatic nitrogens is 2. The fraction of sp³-hybridized carbons (Fsp3) is 0.421. The first kappa shape index (κ1) is 18.1. The van der Waals surface area contributed by atoms with Crippen LogP contribution in [-0.4, -0.2) is 48.3 Å². The van der Waals surface area contributed by atoms with Crippen LogP contribution in [0.4, 0.5) is 5.82 Å². The van der Waals surface area contributed by atoms with Crippen molar-refractivity contribution in [3.05, 3.63) is 47.8 Å². The third-order valence-corrected chi connectivity index (χ3v) is 4.70. The Morgan fingerprint density at radius 2 is 2.00 bits per heavy atom. The summed E-state index contributed by atoms with van der Waals surface area (Å²) in [4.78, 5) is 23.1. The summed E-state index contributed by atoms with van der Waals surface area (Å²) in [5.74, 6) is 1.30. The highest BCUT2D eigenvalue weighted by molar-refractivity contribution is 5.94. The van der Waals surface area contributed by atoms with Gasteiger partial charge < -0.3 is 20.1 Å². The Bertz CT molecular complexity index is 740. The van der Waals surface area contributed by atoms with E-state index in [0.717, 1.165) is 11.4 Å². The lowest BCUT2D eigenvalue weighted by molar-refractivity contribution is 0.0234. The average molecular weight is 356 g/mol. The van der Waals surface area contributed by atoms with Crippen LogP contribution in [0, 0.1) is 5.92 Å². The number of pyridine rings is 2. The number of anilines is 1. The summed E-state index contributed by atoms with van der Waals surface area (Å²) in [5.41, 5.74) is 1.40. The SMILES string of the molecule is COc1ccc(C(NC(=O)c2ccc(N(C)C)nc2)C2CC(O)C2)cn1. The van der Waals surface area contributed by atoms with Gasteiger partial charge in [0, 0.05) is 32.6 Å². The van der Waals surface area contributed by atoms with Crippen LogP contribution in [0.5, 0.6) is 5.88 Å². The second-order valence-electron chi connectivity index (χ2n) is 6.77. The molecule has 7 nitrogen and oxygen atoms in total. The molecular formula is C19H24N4O3. The predicted molar refractivity (Wildman–Crippen MR) is 98.3 cm³/mol. The van der Waals surface area contributed by atoms with Crippen molar-refractivity contribution in [1.29, 1.82) is 0 Å². The molecule has 2 aromatic rings. The van der Waals surface area contributed by atoms with E-state index in [1.807, 2.05) is 31.1 Å². The largest absolute Gasteiger partial charge is 0.481 e. The van der Waals surface area contributed by atoms with Crippen molar-refractivity contribution in [2.45, 2.75) is 25.0 Å². The Labute approximate surface area is 153 Å². The van der Waals surface area contributed by atoms with Gasteiger partial charge in [0.05, 0.1) is 24.8 Å². The summed E-state index contributed by atoms with van der Waals surface area (Å²) >= 11 is 0. The number of methoxy groups -OCH3 is 1. The molecule has 1 saturated carbocycles. The zero-order valence-electron chi connectivity index (χ0n) is 15.2. The van der Waals surface area contributed by atoms with E-state index in [-0.39, 0.29) is 24.0 Å². The molecule has 0 spiro atoms. The van der Waals surface area contributed by atoms with Crippen LogP contribution >= 0.6 is 0 Å². The number of hydrogen-bond acceptors (Lipinski definition) is 6. The van der Waals surface area contributed by atoms with Crippen molar-refractivity contribution >= 4 is 11.7 Å². The predicted octanol–water partition coefficient (Wildman–Crippen LogP) is 1.79. The topological polar surface area (TPSA) is 87.6 Å². The molecular weight excluding hydrogens is 332 g/mol. The third kappa shape index (κ3) is 3.94. The van der Waals surface area contributed by atoms with Crippen molar-refractivity contribution < 1.29 is 14.6 Å². The van der Waals surface area contributed by atoms with E-state index >= 15 is 0 Å². The molecule has 2 heterocycles. The number of hydrogen-bond donors (Lipinski definition) is 2. The van der Waals surface area contributed by atoms with Crippen molar-refractivity contribution in [3.8, 4) is 5.88 Å². The lowest BCUT2D eigenvalue weighted by atomic mass is 9.75. The molecule has 1 amide bonds. The second kappa shape index (κ2) is 7.70. The number of carbonyl (C=O) groups is 1. The quantitative estimate of drug-likeness (QED) is 0.821. The molecule has 26 heavy (non-hydrogen) atoms. The molecule has 1 aliphatic carbocycles. The van der Waals surface area contributed by atoms with Crippen LogP contribution in [0.3, 0.4) is 0 Å². The fourth-order valence-corrected chi connectivity index (χ4v) is 3.08. The first-order chi connectivity index (χ1) is 12.5. The molecule has 2 aromatic heterocycles. The Balaban J connectivity index is 1.77. The van der Waals surface area contributed by atoms with Crippen LogP contribution in [0.1, 0.15) is 34.8 Å². The highest BCUT2D eigenvalue weighted by Crippen LogP contribution is 2.38.